The lowest BCUT2D eigenvalue weighted by atomic mass is 9.92. The highest BCUT2D eigenvalue weighted by molar-refractivity contribution is 6.22. The summed E-state index contributed by atoms with van der Waals surface area (Å²) in [5, 5.41) is 3.15. The number of benzene rings is 1. The smallest absolute Gasteiger partial charge is 0.239 e. The number of amides is 2. The van der Waals surface area contributed by atoms with Gasteiger partial charge >= 0.3 is 0 Å². The molecule has 0 aliphatic carbocycles. The van der Waals surface area contributed by atoms with E-state index in [9.17, 15) is 9.59 Å². The summed E-state index contributed by atoms with van der Waals surface area (Å²) in [5.74, 6) is -0.240. The van der Waals surface area contributed by atoms with Crippen LogP contribution in [0.5, 0.6) is 0 Å². The van der Waals surface area contributed by atoms with Crippen molar-refractivity contribution in [3.63, 3.8) is 0 Å². The standard InChI is InChI=1S/C15H20N2O2/c1-10(16-4)11-5-7-12(8-6-11)17-13(18)9-15(2,3)14(17)19/h5-8,10,16H,9H2,1-4H3. The molecule has 1 aromatic carbocycles. The third kappa shape index (κ3) is 2.40. The first-order chi connectivity index (χ1) is 8.86. The number of hydrogen-bond acceptors (Lipinski definition) is 3. The van der Waals surface area contributed by atoms with Gasteiger partial charge in [0.2, 0.25) is 11.8 Å². The average Bonchev–Trinajstić information content (AvgIpc) is 2.58. The van der Waals surface area contributed by atoms with Crippen molar-refractivity contribution in [3.8, 4) is 0 Å². The summed E-state index contributed by atoms with van der Waals surface area (Å²) in [7, 11) is 1.90. The summed E-state index contributed by atoms with van der Waals surface area (Å²) >= 11 is 0. The van der Waals surface area contributed by atoms with Gasteiger partial charge in [0.1, 0.15) is 0 Å². The Hall–Kier alpha value is -1.68. The number of rotatable bonds is 3. The van der Waals surface area contributed by atoms with Crippen LogP contribution in [0.1, 0.15) is 38.8 Å². The van der Waals surface area contributed by atoms with Crippen LogP contribution in [0.25, 0.3) is 0 Å². The number of anilines is 1. The number of hydrogen-bond donors (Lipinski definition) is 1. The maximum Gasteiger partial charge on any atom is 0.239 e. The van der Waals surface area contributed by atoms with Crippen LogP contribution in [-0.2, 0) is 9.59 Å². The summed E-state index contributed by atoms with van der Waals surface area (Å²) in [6, 6.07) is 7.81. The molecule has 1 saturated heterocycles. The largest absolute Gasteiger partial charge is 0.313 e. The Morgan fingerprint density at radius 3 is 2.21 bits per heavy atom. The zero-order valence-corrected chi connectivity index (χ0v) is 11.9. The second-order valence-electron chi connectivity index (χ2n) is 5.70. The van der Waals surface area contributed by atoms with Crippen molar-refractivity contribution in [3.05, 3.63) is 29.8 Å². The second kappa shape index (κ2) is 4.78. The summed E-state index contributed by atoms with van der Waals surface area (Å²) in [6.07, 6.45) is 0.278. The van der Waals surface area contributed by atoms with Gasteiger partial charge in [0, 0.05) is 12.5 Å². The number of carbonyl (C=O) groups is 2. The molecule has 1 aliphatic heterocycles. The lowest BCUT2D eigenvalue weighted by Crippen LogP contribution is -2.32. The van der Waals surface area contributed by atoms with Gasteiger partial charge < -0.3 is 5.32 Å². The fraction of sp³-hybridized carbons (Fsp3) is 0.467. The topological polar surface area (TPSA) is 49.4 Å². The van der Waals surface area contributed by atoms with Crippen LogP contribution in [0.2, 0.25) is 0 Å². The number of imide groups is 1. The van der Waals surface area contributed by atoms with Crippen molar-refractivity contribution < 1.29 is 9.59 Å². The molecule has 0 saturated carbocycles. The predicted octanol–water partition coefficient (Wildman–Crippen LogP) is 2.26. The van der Waals surface area contributed by atoms with Gasteiger partial charge in [-0.2, -0.15) is 0 Å². The van der Waals surface area contributed by atoms with Crippen molar-refractivity contribution in [1.82, 2.24) is 5.32 Å². The van der Waals surface area contributed by atoms with Crippen LogP contribution in [-0.4, -0.2) is 18.9 Å². The van der Waals surface area contributed by atoms with Gasteiger partial charge in [-0.05, 0) is 31.7 Å². The average molecular weight is 260 g/mol. The number of nitrogens with zero attached hydrogens (tertiary/aromatic N) is 1. The molecule has 1 atom stereocenters. The van der Waals surface area contributed by atoms with E-state index in [2.05, 4.69) is 12.2 Å². The monoisotopic (exact) mass is 260 g/mol. The fourth-order valence-electron chi connectivity index (χ4n) is 2.29. The zero-order valence-electron chi connectivity index (χ0n) is 11.9. The Kier molecular flexibility index (Phi) is 3.45. The van der Waals surface area contributed by atoms with E-state index in [1.807, 2.05) is 45.2 Å². The zero-order chi connectivity index (χ0) is 14.2. The lowest BCUT2D eigenvalue weighted by molar-refractivity contribution is -0.124. The first-order valence-corrected chi connectivity index (χ1v) is 6.51. The van der Waals surface area contributed by atoms with E-state index >= 15 is 0 Å². The van der Waals surface area contributed by atoms with E-state index in [0.29, 0.717) is 5.69 Å². The van der Waals surface area contributed by atoms with Crippen molar-refractivity contribution >= 4 is 17.5 Å². The molecule has 4 heteroatoms. The van der Waals surface area contributed by atoms with Gasteiger partial charge in [-0.25, -0.2) is 0 Å². The molecular weight excluding hydrogens is 240 g/mol. The molecule has 1 fully saturated rings. The highest BCUT2D eigenvalue weighted by Gasteiger charge is 2.45. The molecule has 2 amide bonds. The number of carbonyl (C=O) groups excluding carboxylic acids is 2. The first kappa shape index (κ1) is 13.7. The first-order valence-electron chi connectivity index (χ1n) is 6.51. The molecule has 0 spiro atoms. The maximum atomic E-state index is 12.2. The normalized spacial score (nSPS) is 19.9. The highest BCUT2D eigenvalue weighted by atomic mass is 16.2. The molecule has 2 rings (SSSR count). The lowest BCUT2D eigenvalue weighted by Gasteiger charge is -2.18. The van der Waals surface area contributed by atoms with Crippen LogP contribution in [0.4, 0.5) is 5.69 Å². The molecule has 0 aromatic heterocycles. The molecule has 1 aliphatic rings. The van der Waals surface area contributed by atoms with E-state index in [1.165, 1.54) is 4.90 Å². The minimum Gasteiger partial charge on any atom is -0.313 e. The highest BCUT2D eigenvalue weighted by Crippen LogP contribution is 2.35. The van der Waals surface area contributed by atoms with Gasteiger partial charge in [-0.15, -0.1) is 0 Å². The second-order valence-corrected chi connectivity index (χ2v) is 5.70. The van der Waals surface area contributed by atoms with E-state index in [1.54, 1.807) is 0 Å². The SMILES string of the molecule is CNC(C)c1ccc(N2C(=O)CC(C)(C)C2=O)cc1. The van der Waals surface area contributed by atoms with Gasteiger partial charge in [-0.1, -0.05) is 26.0 Å². The Morgan fingerprint density at radius 1 is 1.21 bits per heavy atom. The third-order valence-corrected chi connectivity index (χ3v) is 3.71. The van der Waals surface area contributed by atoms with Crippen molar-refractivity contribution in [2.45, 2.75) is 33.2 Å². The maximum absolute atomic E-state index is 12.2. The molecule has 1 heterocycles. The van der Waals surface area contributed by atoms with Gasteiger partial charge in [-0.3, -0.25) is 14.5 Å². The molecule has 4 nitrogen and oxygen atoms in total. The minimum absolute atomic E-state index is 0.119. The van der Waals surface area contributed by atoms with Gasteiger partial charge in [0.15, 0.2) is 0 Å². The Bertz CT molecular complexity index is 505. The summed E-state index contributed by atoms with van der Waals surface area (Å²) < 4.78 is 0. The third-order valence-electron chi connectivity index (χ3n) is 3.71. The molecule has 0 bridgehead atoms. The Morgan fingerprint density at radius 2 is 1.79 bits per heavy atom. The molecule has 102 valence electrons. The van der Waals surface area contributed by atoms with Crippen LogP contribution < -0.4 is 10.2 Å². The minimum atomic E-state index is -0.589. The van der Waals surface area contributed by atoms with Crippen molar-refractivity contribution in [2.75, 3.05) is 11.9 Å². The van der Waals surface area contributed by atoms with Crippen molar-refractivity contribution in [2.24, 2.45) is 5.41 Å². The molecule has 0 radical (unpaired) electrons. The summed E-state index contributed by atoms with van der Waals surface area (Å²) in [4.78, 5) is 25.5. The van der Waals surface area contributed by atoms with E-state index in [-0.39, 0.29) is 24.3 Å². The molecular formula is C15H20N2O2. The quantitative estimate of drug-likeness (QED) is 0.848. The summed E-state index contributed by atoms with van der Waals surface area (Å²) in [6.45, 7) is 5.68. The van der Waals surface area contributed by atoms with Crippen LogP contribution in [0.3, 0.4) is 0 Å². The molecule has 1 unspecified atom stereocenters. The Balaban J connectivity index is 2.28. The van der Waals surface area contributed by atoms with Crippen LogP contribution >= 0.6 is 0 Å². The molecule has 1 N–H and O–H groups in total. The molecule has 1 aromatic rings. The van der Waals surface area contributed by atoms with Crippen LogP contribution in [0, 0.1) is 5.41 Å². The summed E-state index contributed by atoms with van der Waals surface area (Å²) in [5.41, 5.74) is 1.20. The van der Waals surface area contributed by atoms with E-state index in [0.717, 1.165) is 5.56 Å². The fourth-order valence-corrected chi connectivity index (χ4v) is 2.29. The van der Waals surface area contributed by atoms with E-state index in [4.69, 9.17) is 0 Å². The molecule has 19 heavy (non-hydrogen) atoms. The predicted molar refractivity (Wildman–Crippen MR) is 74.8 cm³/mol. The van der Waals surface area contributed by atoms with Gasteiger partial charge in [0.05, 0.1) is 11.1 Å². The number of nitrogens with one attached hydrogen (secondary N) is 1. The van der Waals surface area contributed by atoms with E-state index < -0.39 is 5.41 Å². The van der Waals surface area contributed by atoms with Gasteiger partial charge in [0.25, 0.3) is 0 Å². The van der Waals surface area contributed by atoms with Crippen molar-refractivity contribution in [1.29, 1.82) is 0 Å². The van der Waals surface area contributed by atoms with Crippen LogP contribution in [0.15, 0.2) is 24.3 Å². The Labute approximate surface area is 113 Å².